The lowest BCUT2D eigenvalue weighted by Gasteiger charge is -2.06. The van der Waals surface area contributed by atoms with E-state index in [1.165, 1.54) is 22.9 Å². The first-order valence-corrected chi connectivity index (χ1v) is 8.31. The van der Waals surface area contributed by atoms with E-state index in [0.29, 0.717) is 5.17 Å². The van der Waals surface area contributed by atoms with Gasteiger partial charge in [0.15, 0.2) is 5.17 Å². The molecule has 0 bridgehead atoms. The zero-order valence-electron chi connectivity index (χ0n) is 12.5. The van der Waals surface area contributed by atoms with Crippen molar-refractivity contribution in [3.05, 3.63) is 65.7 Å². The van der Waals surface area contributed by atoms with E-state index in [9.17, 15) is 4.79 Å². The van der Waals surface area contributed by atoms with Crippen LogP contribution in [0.25, 0.3) is 0 Å². The summed E-state index contributed by atoms with van der Waals surface area (Å²) in [4.78, 5) is 16.6. The minimum Gasteiger partial charge on any atom is -0.304 e. The van der Waals surface area contributed by atoms with Crippen molar-refractivity contribution in [2.24, 2.45) is 4.99 Å². The van der Waals surface area contributed by atoms with Crippen LogP contribution in [-0.2, 0) is 17.6 Å². The lowest BCUT2D eigenvalue weighted by molar-refractivity contribution is -0.118. The van der Waals surface area contributed by atoms with Gasteiger partial charge in [0.25, 0.3) is 0 Å². The van der Waals surface area contributed by atoms with Crippen LogP contribution < -0.4 is 5.32 Å². The molecular weight excluding hydrogens is 292 g/mol. The number of rotatable bonds is 4. The highest BCUT2D eigenvalue weighted by molar-refractivity contribution is 8.15. The molecule has 2 aromatic carbocycles. The number of carbonyl (C=O) groups excluding carboxylic acids is 1. The van der Waals surface area contributed by atoms with Gasteiger partial charge in [0.1, 0.15) is 0 Å². The molecule has 0 saturated carbocycles. The molecule has 1 fully saturated rings. The Balaban J connectivity index is 1.68. The van der Waals surface area contributed by atoms with Crippen LogP contribution in [-0.4, -0.2) is 16.3 Å². The molecule has 1 N–H and O–H groups in total. The van der Waals surface area contributed by atoms with Gasteiger partial charge in [-0.1, -0.05) is 61.2 Å². The molecule has 0 radical (unpaired) electrons. The van der Waals surface area contributed by atoms with Crippen molar-refractivity contribution in [1.82, 2.24) is 5.32 Å². The van der Waals surface area contributed by atoms with Gasteiger partial charge in [0.2, 0.25) is 5.91 Å². The third kappa shape index (κ3) is 3.57. The number of hydrogen-bond acceptors (Lipinski definition) is 3. The van der Waals surface area contributed by atoms with Gasteiger partial charge in [-0.25, -0.2) is 4.99 Å². The molecule has 112 valence electrons. The molecule has 3 rings (SSSR count). The third-order valence-corrected chi connectivity index (χ3v) is 4.70. The summed E-state index contributed by atoms with van der Waals surface area (Å²) in [7, 11) is 0. The van der Waals surface area contributed by atoms with E-state index in [2.05, 4.69) is 41.5 Å². The Labute approximate surface area is 134 Å². The van der Waals surface area contributed by atoms with Crippen LogP contribution in [0.3, 0.4) is 0 Å². The van der Waals surface area contributed by atoms with Gasteiger partial charge < -0.3 is 5.32 Å². The summed E-state index contributed by atoms with van der Waals surface area (Å²) in [5, 5.41) is 3.45. The number of carbonyl (C=O) groups is 1. The normalized spacial score (nSPS) is 19.4. The summed E-state index contributed by atoms with van der Waals surface area (Å²) in [6.07, 6.45) is 1.77. The monoisotopic (exact) mass is 310 g/mol. The first kappa shape index (κ1) is 14.9. The molecule has 0 aromatic heterocycles. The van der Waals surface area contributed by atoms with Crippen LogP contribution in [0, 0.1) is 0 Å². The lowest BCUT2D eigenvalue weighted by atomic mass is 10.1. The van der Waals surface area contributed by atoms with Gasteiger partial charge in [-0.05, 0) is 36.1 Å². The molecule has 1 aliphatic rings. The second-order valence-electron chi connectivity index (χ2n) is 5.22. The van der Waals surface area contributed by atoms with Crippen LogP contribution >= 0.6 is 11.8 Å². The van der Waals surface area contributed by atoms with E-state index in [1.54, 1.807) is 0 Å². The topological polar surface area (TPSA) is 41.5 Å². The molecule has 0 spiro atoms. The zero-order valence-corrected chi connectivity index (χ0v) is 13.3. The summed E-state index contributed by atoms with van der Waals surface area (Å²) in [5.41, 5.74) is 3.36. The van der Waals surface area contributed by atoms with Crippen molar-refractivity contribution < 1.29 is 4.79 Å². The van der Waals surface area contributed by atoms with E-state index in [4.69, 9.17) is 0 Å². The van der Waals surface area contributed by atoms with E-state index >= 15 is 0 Å². The maximum Gasteiger partial charge on any atom is 0.239 e. The summed E-state index contributed by atoms with van der Waals surface area (Å²) in [6.45, 7) is 2.14. The van der Waals surface area contributed by atoms with E-state index in [0.717, 1.165) is 18.5 Å². The summed E-state index contributed by atoms with van der Waals surface area (Å²) in [5.74, 6) is 0.0410. The Morgan fingerprint density at radius 2 is 1.73 bits per heavy atom. The number of aryl methyl sites for hydroxylation is 1. The summed E-state index contributed by atoms with van der Waals surface area (Å²) >= 11 is 1.51. The standard InChI is InChI=1S/C18H18N2OS/c1-2-13-8-10-14(11-9-13)12-16-17(21)20-18(22-16)19-15-6-4-3-5-7-15/h3-11,16H,2,12H2,1H3,(H,19,20,21). The highest BCUT2D eigenvalue weighted by atomic mass is 32.2. The number of amides is 1. The van der Waals surface area contributed by atoms with Crippen molar-refractivity contribution in [1.29, 1.82) is 0 Å². The fourth-order valence-corrected chi connectivity index (χ4v) is 3.37. The van der Waals surface area contributed by atoms with Crippen molar-refractivity contribution in [3.63, 3.8) is 0 Å². The van der Waals surface area contributed by atoms with Crippen LogP contribution in [0.4, 0.5) is 5.69 Å². The van der Waals surface area contributed by atoms with Gasteiger partial charge in [0, 0.05) is 0 Å². The molecule has 1 atom stereocenters. The number of benzene rings is 2. The van der Waals surface area contributed by atoms with E-state index in [-0.39, 0.29) is 11.2 Å². The second-order valence-corrected chi connectivity index (χ2v) is 6.41. The minimum absolute atomic E-state index is 0.0410. The first-order chi connectivity index (χ1) is 10.7. The molecule has 1 saturated heterocycles. The zero-order chi connectivity index (χ0) is 15.4. The SMILES string of the molecule is CCc1ccc(CC2SC(=Nc3ccccc3)NC2=O)cc1. The molecule has 1 unspecified atom stereocenters. The maximum absolute atomic E-state index is 12.1. The lowest BCUT2D eigenvalue weighted by Crippen LogP contribution is -2.25. The van der Waals surface area contributed by atoms with E-state index in [1.807, 2.05) is 30.3 Å². The van der Waals surface area contributed by atoms with Gasteiger partial charge in [-0.2, -0.15) is 0 Å². The summed E-state index contributed by atoms with van der Waals surface area (Å²) < 4.78 is 0. The van der Waals surface area contributed by atoms with Crippen LogP contribution in [0.15, 0.2) is 59.6 Å². The minimum atomic E-state index is -0.102. The van der Waals surface area contributed by atoms with Crippen molar-refractivity contribution in [2.75, 3.05) is 0 Å². The van der Waals surface area contributed by atoms with Crippen molar-refractivity contribution >= 4 is 28.5 Å². The first-order valence-electron chi connectivity index (χ1n) is 7.43. The molecule has 3 nitrogen and oxygen atoms in total. The molecule has 1 aliphatic heterocycles. The predicted molar refractivity (Wildman–Crippen MR) is 92.6 cm³/mol. The average molecular weight is 310 g/mol. The molecule has 0 aliphatic carbocycles. The van der Waals surface area contributed by atoms with E-state index < -0.39 is 0 Å². The van der Waals surface area contributed by atoms with Crippen molar-refractivity contribution in [3.8, 4) is 0 Å². The number of hydrogen-bond donors (Lipinski definition) is 1. The number of amidine groups is 1. The highest BCUT2D eigenvalue weighted by Gasteiger charge is 2.30. The number of para-hydroxylation sites is 1. The Hall–Kier alpha value is -2.07. The smallest absolute Gasteiger partial charge is 0.239 e. The molecule has 1 heterocycles. The maximum atomic E-state index is 12.1. The highest BCUT2D eigenvalue weighted by Crippen LogP contribution is 2.25. The fraction of sp³-hybridized carbons (Fsp3) is 0.222. The van der Waals surface area contributed by atoms with Gasteiger partial charge >= 0.3 is 0 Å². The quantitative estimate of drug-likeness (QED) is 0.935. The molecule has 22 heavy (non-hydrogen) atoms. The number of aliphatic imine (C=N–C) groups is 1. The Kier molecular flexibility index (Phi) is 4.59. The average Bonchev–Trinajstić information content (AvgIpc) is 2.88. The summed E-state index contributed by atoms with van der Waals surface area (Å²) in [6, 6.07) is 18.2. The fourth-order valence-electron chi connectivity index (χ4n) is 2.34. The molecule has 1 amide bonds. The van der Waals surface area contributed by atoms with Gasteiger partial charge in [-0.3, -0.25) is 4.79 Å². The molecule has 4 heteroatoms. The predicted octanol–water partition coefficient (Wildman–Crippen LogP) is 3.71. The molecular formula is C18H18N2OS. The molecule has 2 aromatic rings. The third-order valence-electron chi connectivity index (χ3n) is 3.62. The van der Waals surface area contributed by atoms with Crippen LogP contribution in [0.5, 0.6) is 0 Å². The van der Waals surface area contributed by atoms with Crippen LogP contribution in [0.1, 0.15) is 18.1 Å². The number of nitrogens with zero attached hydrogens (tertiary/aromatic N) is 1. The Bertz CT molecular complexity index is 680. The number of thioether (sulfide) groups is 1. The van der Waals surface area contributed by atoms with Crippen LogP contribution in [0.2, 0.25) is 0 Å². The Morgan fingerprint density at radius 1 is 1.05 bits per heavy atom. The van der Waals surface area contributed by atoms with Crippen molar-refractivity contribution in [2.45, 2.75) is 25.0 Å². The number of nitrogens with one attached hydrogen (secondary N) is 1. The largest absolute Gasteiger partial charge is 0.304 e. The second kappa shape index (κ2) is 6.79. The van der Waals surface area contributed by atoms with Gasteiger partial charge in [0.05, 0.1) is 10.9 Å². The Morgan fingerprint density at radius 3 is 2.41 bits per heavy atom. The van der Waals surface area contributed by atoms with Gasteiger partial charge in [-0.15, -0.1) is 0 Å².